The highest BCUT2D eigenvalue weighted by Crippen LogP contribution is 2.49. The fraction of sp³-hybridized carbons (Fsp3) is 0.462. The monoisotopic (exact) mass is 567 g/mol. The molecule has 1 atom stereocenters. The molecule has 1 saturated heterocycles. The van der Waals surface area contributed by atoms with Gasteiger partial charge in [0.05, 0.1) is 5.41 Å². The molecule has 1 heterocycles. The van der Waals surface area contributed by atoms with E-state index in [1.807, 2.05) is 24.3 Å². The first-order valence-electron chi connectivity index (χ1n) is 12.0. The molecule has 4 rings (SSSR count). The van der Waals surface area contributed by atoms with E-state index in [0.29, 0.717) is 37.3 Å². The molecular formula is C26H29BrF3N3O3. The number of benzene rings is 2. The molecule has 1 unspecified atom stereocenters. The summed E-state index contributed by atoms with van der Waals surface area (Å²) < 4.78 is 42.3. The fourth-order valence-electron chi connectivity index (χ4n) is 4.56. The van der Waals surface area contributed by atoms with Gasteiger partial charge in [-0.05, 0) is 80.1 Å². The maximum atomic E-state index is 13.4. The normalized spacial score (nSPS) is 18.2. The van der Waals surface area contributed by atoms with Gasteiger partial charge in [0.1, 0.15) is 11.8 Å². The Morgan fingerprint density at radius 1 is 1.06 bits per heavy atom. The van der Waals surface area contributed by atoms with Gasteiger partial charge >= 0.3 is 6.36 Å². The first-order valence-corrected chi connectivity index (χ1v) is 12.8. The molecule has 1 aliphatic carbocycles. The van der Waals surface area contributed by atoms with Crippen LogP contribution in [-0.4, -0.2) is 43.9 Å². The smallest absolute Gasteiger partial charge is 0.406 e. The number of amides is 2. The fourth-order valence-corrected chi connectivity index (χ4v) is 4.83. The molecule has 2 aromatic carbocycles. The Kier molecular flexibility index (Phi) is 8.24. The quantitative estimate of drug-likeness (QED) is 0.424. The Bertz CT molecular complexity index is 1050. The number of nitrogens with one attached hydrogen (secondary N) is 3. The van der Waals surface area contributed by atoms with Gasteiger partial charge in [-0.15, -0.1) is 13.2 Å². The predicted octanol–water partition coefficient (Wildman–Crippen LogP) is 4.22. The summed E-state index contributed by atoms with van der Waals surface area (Å²) in [6.07, 6.45) is -1.37. The Hall–Kier alpha value is -2.59. The van der Waals surface area contributed by atoms with Crippen molar-refractivity contribution >= 4 is 27.7 Å². The minimum Gasteiger partial charge on any atom is -0.406 e. The molecule has 0 bridgehead atoms. The lowest BCUT2D eigenvalue weighted by atomic mass is 9.93. The predicted molar refractivity (Wildman–Crippen MR) is 132 cm³/mol. The molecular weight excluding hydrogens is 539 g/mol. The van der Waals surface area contributed by atoms with Crippen LogP contribution < -0.4 is 20.7 Å². The van der Waals surface area contributed by atoms with Crippen molar-refractivity contribution in [3.05, 3.63) is 64.1 Å². The Balaban J connectivity index is 1.45. The molecule has 0 spiro atoms. The van der Waals surface area contributed by atoms with Crippen molar-refractivity contribution in [2.24, 2.45) is 5.92 Å². The van der Waals surface area contributed by atoms with Crippen molar-refractivity contribution in [2.75, 3.05) is 19.6 Å². The number of halogens is 4. The van der Waals surface area contributed by atoms with Crippen molar-refractivity contribution < 1.29 is 27.5 Å². The molecule has 0 radical (unpaired) electrons. The molecule has 194 valence electrons. The molecule has 0 aromatic heterocycles. The molecule has 2 aromatic rings. The van der Waals surface area contributed by atoms with Crippen molar-refractivity contribution in [2.45, 2.75) is 49.9 Å². The third-order valence-electron chi connectivity index (χ3n) is 6.82. The van der Waals surface area contributed by atoms with Crippen LogP contribution in [0.15, 0.2) is 53.0 Å². The van der Waals surface area contributed by atoms with Gasteiger partial charge in [-0.25, -0.2) is 0 Å². The van der Waals surface area contributed by atoms with E-state index in [1.54, 1.807) is 0 Å². The highest BCUT2D eigenvalue weighted by molar-refractivity contribution is 9.10. The van der Waals surface area contributed by atoms with E-state index in [9.17, 15) is 22.8 Å². The summed E-state index contributed by atoms with van der Waals surface area (Å²) >= 11 is 3.41. The maximum Gasteiger partial charge on any atom is 0.573 e. The van der Waals surface area contributed by atoms with Crippen LogP contribution in [-0.2, 0) is 21.4 Å². The summed E-state index contributed by atoms with van der Waals surface area (Å²) in [6.45, 7) is 2.41. The van der Waals surface area contributed by atoms with Gasteiger partial charge < -0.3 is 20.7 Å². The zero-order valence-electron chi connectivity index (χ0n) is 19.7. The van der Waals surface area contributed by atoms with E-state index in [0.717, 1.165) is 36.0 Å². The van der Waals surface area contributed by atoms with Gasteiger partial charge in [0, 0.05) is 17.4 Å². The third-order valence-corrected chi connectivity index (χ3v) is 7.35. The number of hydrogen-bond acceptors (Lipinski definition) is 4. The number of piperidine rings is 1. The first-order chi connectivity index (χ1) is 17.1. The van der Waals surface area contributed by atoms with E-state index >= 15 is 0 Å². The summed E-state index contributed by atoms with van der Waals surface area (Å²) in [5.41, 5.74) is 0.649. The van der Waals surface area contributed by atoms with E-state index in [2.05, 4.69) is 36.6 Å². The Morgan fingerprint density at radius 2 is 1.69 bits per heavy atom. The van der Waals surface area contributed by atoms with Crippen LogP contribution in [0.3, 0.4) is 0 Å². The zero-order chi connectivity index (χ0) is 25.8. The number of carbonyl (C=O) groups excluding carboxylic acids is 2. The van der Waals surface area contributed by atoms with Crippen LogP contribution in [0.4, 0.5) is 13.2 Å². The largest absolute Gasteiger partial charge is 0.573 e. The van der Waals surface area contributed by atoms with Crippen LogP contribution in [0.25, 0.3) is 0 Å². The molecule has 3 N–H and O–H groups in total. The summed E-state index contributed by atoms with van der Waals surface area (Å²) in [6, 6.07) is 12.2. The zero-order valence-corrected chi connectivity index (χ0v) is 21.3. The molecule has 2 amide bonds. The van der Waals surface area contributed by atoms with Gasteiger partial charge in [-0.1, -0.05) is 40.2 Å². The van der Waals surface area contributed by atoms with E-state index in [1.165, 1.54) is 24.3 Å². The Labute approximate surface area is 216 Å². The lowest BCUT2D eigenvalue weighted by Gasteiger charge is -2.26. The number of rotatable bonds is 9. The van der Waals surface area contributed by atoms with Gasteiger partial charge in [0.15, 0.2) is 0 Å². The van der Waals surface area contributed by atoms with Gasteiger partial charge in [0.2, 0.25) is 11.8 Å². The maximum absolute atomic E-state index is 13.4. The second-order valence-electron chi connectivity index (χ2n) is 9.45. The average molecular weight is 568 g/mol. The first kappa shape index (κ1) is 26.5. The third kappa shape index (κ3) is 7.00. The van der Waals surface area contributed by atoms with E-state index in [4.69, 9.17) is 0 Å². The van der Waals surface area contributed by atoms with Crippen LogP contribution in [0.5, 0.6) is 5.75 Å². The number of carbonyl (C=O) groups is 2. The average Bonchev–Trinajstić information content (AvgIpc) is 3.66. The molecule has 36 heavy (non-hydrogen) atoms. The lowest BCUT2D eigenvalue weighted by molar-refractivity contribution is -0.274. The van der Waals surface area contributed by atoms with E-state index in [-0.39, 0.29) is 17.6 Å². The lowest BCUT2D eigenvalue weighted by Crippen LogP contribution is -2.51. The van der Waals surface area contributed by atoms with Gasteiger partial charge in [-0.2, -0.15) is 0 Å². The minimum absolute atomic E-state index is 0.241. The van der Waals surface area contributed by atoms with E-state index < -0.39 is 17.8 Å². The van der Waals surface area contributed by atoms with Crippen LogP contribution in [0.2, 0.25) is 0 Å². The molecule has 6 nitrogen and oxygen atoms in total. The van der Waals surface area contributed by atoms with Crippen molar-refractivity contribution in [3.63, 3.8) is 0 Å². The summed E-state index contributed by atoms with van der Waals surface area (Å²) in [5.74, 6) is -0.486. The molecule has 2 aliphatic rings. The molecule has 10 heteroatoms. The number of ether oxygens (including phenoxy) is 1. The van der Waals surface area contributed by atoms with Crippen molar-refractivity contribution in [1.82, 2.24) is 16.0 Å². The number of hydrogen-bond donors (Lipinski definition) is 3. The highest BCUT2D eigenvalue weighted by Gasteiger charge is 2.52. The molecule has 1 saturated carbocycles. The number of alkyl halides is 3. The van der Waals surface area contributed by atoms with Crippen LogP contribution in [0, 0.1) is 5.92 Å². The topological polar surface area (TPSA) is 79.5 Å². The summed E-state index contributed by atoms with van der Waals surface area (Å²) in [7, 11) is 0. The summed E-state index contributed by atoms with van der Waals surface area (Å²) in [4.78, 5) is 26.6. The second-order valence-corrected chi connectivity index (χ2v) is 10.4. The highest BCUT2D eigenvalue weighted by atomic mass is 79.9. The van der Waals surface area contributed by atoms with Crippen LogP contribution in [0.1, 0.15) is 36.8 Å². The molecule has 2 fully saturated rings. The SMILES string of the molecule is O=C(NCC1CCNCC1)C(Cc1ccc(Br)cc1)NC(=O)C1(c2ccc(OC(F)(F)F)cc2)CC1. The van der Waals surface area contributed by atoms with Gasteiger partial charge in [-0.3, -0.25) is 9.59 Å². The standard InChI is InChI=1S/C26H29BrF3N3O3/c27-20-5-1-17(2-6-20)15-22(23(34)32-16-18-9-13-31-14-10-18)33-24(35)25(11-12-25)19-3-7-21(8-4-19)36-26(28,29)30/h1-8,18,22,31H,9-16H2,(H,32,34)(H,33,35). The second kappa shape index (κ2) is 11.2. The van der Waals surface area contributed by atoms with Crippen LogP contribution >= 0.6 is 15.9 Å². The Morgan fingerprint density at radius 3 is 2.28 bits per heavy atom. The minimum atomic E-state index is -4.78. The molecule has 1 aliphatic heterocycles. The summed E-state index contributed by atoms with van der Waals surface area (Å²) in [5, 5.41) is 9.26. The van der Waals surface area contributed by atoms with Crippen molar-refractivity contribution in [1.29, 1.82) is 0 Å². The van der Waals surface area contributed by atoms with Gasteiger partial charge in [0.25, 0.3) is 0 Å². The van der Waals surface area contributed by atoms with Crippen molar-refractivity contribution in [3.8, 4) is 5.75 Å².